The topological polar surface area (TPSA) is 15.3 Å². The molecule has 102 valence electrons. The average Bonchev–Trinajstić information content (AvgIpc) is 2.39. The van der Waals surface area contributed by atoms with Gasteiger partial charge in [-0.15, -0.1) is 34.0 Å². The minimum Gasteiger partial charge on any atom is -0.317 e. The summed E-state index contributed by atoms with van der Waals surface area (Å²) in [6, 6.07) is 9.73. The molecular weight excluding hydrogens is 356 g/mol. The molecule has 1 aromatic rings. The molecule has 0 radical (unpaired) electrons. The van der Waals surface area contributed by atoms with Crippen LogP contribution in [0.15, 0.2) is 24.3 Å². The summed E-state index contributed by atoms with van der Waals surface area (Å²) in [4.78, 5) is 2.68. The zero-order valence-electron chi connectivity index (χ0n) is 10.6. The minimum absolute atomic E-state index is 0. The molecule has 0 atom stereocenters. The van der Waals surface area contributed by atoms with Gasteiger partial charge in [0.05, 0.1) is 0 Å². The number of rotatable bonds is 1. The van der Waals surface area contributed by atoms with Gasteiger partial charge in [-0.05, 0) is 43.5 Å². The fourth-order valence-electron chi connectivity index (χ4n) is 3.00. The highest BCUT2D eigenvalue weighted by atomic mass is 79.9. The van der Waals surface area contributed by atoms with Crippen LogP contribution in [0.5, 0.6) is 0 Å². The quantitative estimate of drug-likeness (QED) is 0.809. The van der Waals surface area contributed by atoms with Gasteiger partial charge in [-0.1, -0.05) is 24.3 Å². The summed E-state index contributed by atoms with van der Waals surface area (Å²) >= 11 is 0. The Hall–Kier alpha value is 0.1000. The first-order chi connectivity index (χ1) is 7.93. The van der Waals surface area contributed by atoms with Crippen molar-refractivity contribution in [3.63, 3.8) is 0 Å². The maximum atomic E-state index is 3.45. The van der Waals surface area contributed by atoms with Gasteiger partial charge in [0.15, 0.2) is 0 Å². The van der Waals surface area contributed by atoms with Crippen molar-refractivity contribution >= 4 is 34.0 Å². The number of nitrogens with one attached hydrogen (secondary N) is 1. The predicted molar refractivity (Wildman–Crippen MR) is 87.1 cm³/mol. The Labute approximate surface area is 131 Å². The average molecular weight is 378 g/mol. The Morgan fingerprint density at radius 3 is 2.39 bits per heavy atom. The summed E-state index contributed by atoms with van der Waals surface area (Å²) < 4.78 is 0. The van der Waals surface area contributed by atoms with Crippen LogP contribution >= 0.6 is 34.0 Å². The molecule has 0 aromatic heterocycles. The molecule has 0 amide bonds. The van der Waals surface area contributed by atoms with Gasteiger partial charge in [0, 0.05) is 19.1 Å². The van der Waals surface area contributed by atoms with E-state index >= 15 is 0 Å². The third-order valence-electron chi connectivity index (χ3n) is 3.99. The van der Waals surface area contributed by atoms with E-state index < -0.39 is 0 Å². The normalized spacial score (nSPS) is 20.4. The van der Waals surface area contributed by atoms with E-state index in [0.29, 0.717) is 0 Å². The number of hydrogen-bond acceptors (Lipinski definition) is 2. The number of nitrogens with zero attached hydrogens (tertiary/aromatic N) is 1. The maximum Gasteiger partial charge on any atom is 0.0239 e. The monoisotopic (exact) mass is 376 g/mol. The lowest BCUT2D eigenvalue weighted by molar-refractivity contribution is 0.147. The lowest BCUT2D eigenvalue weighted by Gasteiger charge is -2.37. The molecule has 0 spiro atoms. The lowest BCUT2D eigenvalue weighted by atomic mass is 9.96. The van der Waals surface area contributed by atoms with Crippen molar-refractivity contribution in [1.29, 1.82) is 0 Å². The molecule has 2 aliphatic heterocycles. The number of hydrogen-bond donors (Lipinski definition) is 1. The highest BCUT2D eigenvalue weighted by Crippen LogP contribution is 2.23. The van der Waals surface area contributed by atoms with Crippen molar-refractivity contribution in [3.05, 3.63) is 35.4 Å². The third-order valence-corrected chi connectivity index (χ3v) is 3.99. The smallest absolute Gasteiger partial charge is 0.0239 e. The van der Waals surface area contributed by atoms with E-state index in [-0.39, 0.29) is 34.0 Å². The maximum absolute atomic E-state index is 3.45. The van der Waals surface area contributed by atoms with Crippen LogP contribution in [0.4, 0.5) is 0 Å². The van der Waals surface area contributed by atoms with Crippen molar-refractivity contribution in [2.75, 3.05) is 19.6 Å². The van der Waals surface area contributed by atoms with Crippen LogP contribution in [0.2, 0.25) is 0 Å². The number of fused-ring (bicyclic) bond motifs is 1. The summed E-state index contributed by atoms with van der Waals surface area (Å²) in [5, 5.41) is 3.45. The molecule has 0 aliphatic carbocycles. The van der Waals surface area contributed by atoms with Crippen molar-refractivity contribution in [2.45, 2.75) is 31.8 Å². The Bertz CT molecular complexity index is 365. The van der Waals surface area contributed by atoms with E-state index in [2.05, 4.69) is 34.5 Å². The van der Waals surface area contributed by atoms with Crippen LogP contribution in [0.3, 0.4) is 0 Å². The van der Waals surface area contributed by atoms with Crippen molar-refractivity contribution in [1.82, 2.24) is 10.2 Å². The highest BCUT2D eigenvalue weighted by Gasteiger charge is 2.24. The molecule has 1 fully saturated rings. The summed E-state index contributed by atoms with van der Waals surface area (Å²) in [6.07, 6.45) is 3.88. The van der Waals surface area contributed by atoms with Crippen LogP contribution in [0.1, 0.15) is 24.0 Å². The van der Waals surface area contributed by atoms with Crippen LogP contribution in [0.25, 0.3) is 0 Å². The molecule has 1 aromatic carbocycles. The molecule has 1 N–H and O–H groups in total. The van der Waals surface area contributed by atoms with E-state index in [9.17, 15) is 0 Å². The van der Waals surface area contributed by atoms with E-state index in [1.807, 2.05) is 0 Å². The summed E-state index contributed by atoms with van der Waals surface area (Å²) in [5.74, 6) is 0. The predicted octanol–water partition coefficient (Wildman–Crippen LogP) is 2.95. The first-order valence-electron chi connectivity index (χ1n) is 6.45. The van der Waals surface area contributed by atoms with E-state index in [1.165, 1.54) is 45.4 Å². The van der Waals surface area contributed by atoms with Gasteiger partial charge in [0.2, 0.25) is 0 Å². The Kier molecular flexibility index (Phi) is 6.85. The second-order valence-electron chi connectivity index (χ2n) is 4.97. The second kappa shape index (κ2) is 7.63. The van der Waals surface area contributed by atoms with Gasteiger partial charge in [-0.25, -0.2) is 0 Å². The molecule has 0 bridgehead atoms. The third kappa shape index (κ3) is 3.56. The van der Waals surface area contributed by atoms with Gasteiger partial charge >= 0.3 is 0 Å². The first-order valence-corrected chi connectivity index (χ1v) is 6.45. The fourth-order valence-corrected chi connectivity index (χ4v) is 3.00. The highest BCUT2D eigenvalue weighted by molar-refractivity contribution is 8.93. The second-order valence-corrected chi connectivity index (χ2v) is 4.97. The van der Waals surface area contributed by atoms with E-state index in [0.717, 1.165) is 6.04 Å². The molecule has 1 saturated heterocycles. The summed E-state index contributed by atoms with van der Waals surface area (Å²) in [7, 11) is 0. The van der Waals surface area contributed by atoms with Crippen LogP contribution < -0.4 is 5.32 Å². The standard InChI is InChI=1S/C14H20N2.2BrH/c1-2-4-13-11-16(10-7-12(13)3-1)14-5-8-15-9-6-14;;/h1-4,14-15H,5-11H2;2*1H. The largest absolute Gasteiger partial charge is 0.317 e. The van der Waals surface area contributed by atoms with Gasteiger partial charge in [-0.3, -0.25) is 4.90 Å². The fraction of sp³-hybridized carbons (Fsp3) is 0.571. The molecule has 3 rings (SSSR count). The molecule has 4 heteroatoms. The van der Waals surface area contributed by atoms with Gasteiger partial charge in [0.1, 0.15) is 0 Å². The van der Waals surface area contributed by atoms with Crippen LogP contribution in [0, 0.1) is 0 Å². The number of piperidine rings is 1. The molecule has 0 saturated carbocycles. The van der Waals surface area contributed by atoms with Gasteiger partial charge < -0.3 is 5.32 Å². The van der Waals surface area contributed by atoms with E-state index in [4.69, 9.17) is 0 Å². The SMILES string of the molecule is Br.Br.c1ccc2c(c1)CCN(C1CCNCC1)C2. The van der Waals surface area contributed by atoms with Crippen molar-refractivity contribution < 1.29 is 0 Å². The lowest BCUT2D eigenvalue weighted by Crippen LogP contribution is -2.45. The van der Waals surface area contributed by atoms with Crippen LogP contribution in [-0.2, 0) is 13.0 Å². The molecular formula is C14H22Br2N2. The number of benzene rings is 1. The Morgan fingerprint density at radius 2 is 1.67 bits per heavy atom. The van der Waals surface area contributed by atoms with Crippen molar-refractivity contribution in [2.24, 2.45) is 0 Å². The minimum atomic E-state index is 0. The summed E-state index contributed by atoms with van der Waals surface area (Å²) in [6.45, 7) is 4.81. The van der Waals surface area contributed by atoms with Crippen molar-refractivity contribution in [3.8, 4) is 0 Å². The van der Waals surface area contributed by atoms with Gasteiger partial charge in [0.25, 0.3) is 0 Å². The molecule has 18 heavy (non-hydrogen) atoms. The molecule has 2 aliphatic rings. The zero-order chi connectivity index (χ0) is 10.8. The Morgan fingerprint density at radius 1 is 1.00 bits per heavy atom. The Balaban J connectivity index is 0.000000810. The zero-order valence-corrected chi connectivity index (χ0v) is 14.0. The van der Waals surface area contributed by atoms with Crippen LogP contribution in [-0.4, -0.2) is 30.6 Å². The summed E-state index contributed by atoms with van der Waals surface area (Å²) in [5.41, 5.74) is 3.11. The van der Waals surface area contributed by atoms with E-state index in [1.54, 1.807) is 11.1 Å². The molecule has 2 nitrogen and oxygen atoms in total. The first kappa shape index (κ1) is 16.2. The molecule has 2 heterocycles. The molecule has 0 unspecified atom stereocenters. The number of halogens is 2. The van der Waals surface area contributed by atoms with Gasteiger partial charge in [-0.2, -0.15) is 0 Å².